The minimum atomic E-state index is -3.74. The van der Waals surface area contributed by atoms with Crippen molar-refractivity contribution < 1.29 is 13.5 Å². The lowest BCUT2D eigenvalue weighted by atomic mass is 10.5. The lowest BCUT2D eigenvalue weighted by molar-refractivity contribution is 0.296. The Morgan fingerprint density at radius 1 is 1.39 bits per heavy atom. The summed E-state index contributed by atoms with van der Waals surface area (Å²) in [6, 6.07) is 1.17. The first-order valence-corrected chi connectivity index (χ1v) is 8.07. The second kappa shape index (κ2) is 7.57. The third kappa shape index (κ3) is 4.81. The number of aliphatic hydroxyl groups excluding tert-OH is 1. The molecule has 0 atom stereocenters. The number of sulfonamides is 1. The van der Waals surface area contributed by atoms with Crippen LogP contribution in [0, 0.1) is 0 Å². The molecule has 3 N–H and O–H groups in total. The molecule has 0 fully saturated rings. The first-order valence-electron chi connectivity index (χ1n) is 5.43. The van der Waals surface area contributed by atoms with Crippen LogP contribution in [0.3, 0.4) is 0 Å². The largest absolute Gasteiger partial charge is 0.396 e. The first-order chi connectivity index (χ1) is 8.58. The van der Waals surface area contributed by atoms with E-state index in [1.54, 1.807) is 11.8 Å². The molecule has 0 saturated heterocycles. The number of aliphatic hydroxyl groups is 1. The zero-order chi connectivity index (χ0) is 13.4. The van der Waals surface area contributed by atoms with Gasteiger partial charge in [-0.05, 0) is 12.2 Å². The predicted molar refractivity (Wildman–Crippen MR) is 71.3 cm³/mol. The van der Waals surface area contributed by atoms with Gasteiger partial charge in [-0.1, -0.05) is 0 Å². The van der Waals surface area contributed by atoms with Crippen LogP contribution in [0.25, 0.3) is 0 Å². The molecular formula is C10H16N2O4S2. The molecule has 102 valence electrons. The Hall–Kier alpha value is -0.830. The van der Waals surface area contributed by atoms with E-state index in [4.69, 9.17) is 5.11 Å². The third-order valence-electron chi connectivity index (χ3n) is 2.06. The maximum absolute atomic E-state index is 11.8. The van der Waals surface area contributed by atoms with Gasteiger partial charge in [-0.2, -0.15) is 11.8 Å². The van der Waals surface area contributed by atoms with E-state index in [0.29, 0.717) is 12.2 Å². The molecule has 0 amide bonds. The zero-order valence-electron chi connectivity index (χ0n) is 9.76. The molecule has 8 heteroatoms. The molecule has 0 unspecified atom stereocenters. The molecule has 0 radical (unpaired) electrons. The molecule has 1 aromatic heterocycles. The van der Waals surface area contributed by atoms with Crippen molar-refractivity contribution in [2.24, 2.45) is 0 Å². The van der Waals surface area contributed by atoms with Crippen LogP contribution >= 0.6 is 11.8 Å². The van der Waals surface area contributed by atoms with Crippen molar-refractivity contribution in [1.29, 1.82) is 0 Å². The highest BCUT2D eigenvalue weighted by Gasteiger charge is 2.16. The Balaban J connectivity index is 2.46. The highest BCUT2D eigenvalue weighted by Crippen LogP contribution is 2.03. The first kappa shape index (κ1) is 15.2. The number of hydrogen-bond acceptors (Lipinski definition) is 5. The van der Waals surface area contributed by atoms with E-state index in [1.165, 1.54) is 18.5 Å². The topological polar surface area (TPSA) is 99.3 Å². The van der Waals surface area contributed by atoms with E-state index < -0.39 is 15.5 Å². The maximum atomic E-state index is 11.8. The van der Waals surface area contributed by atoms with Crippen LogP contribution < -0.4 is 10.2 Å². The van der Waals surface area contributed by atoms with Gasteiger partial charge in [0.2, 0.25) is 15.5 Å². The smallest absolute Gasteiger partial charge is 0.245 e. The fraction of sp³-hybridized carbons (Fsp3) is 0.500. The van der Waals surface area contributed by atoms with Gasteiger partial charge in [0.15, 0.2) is 0 Å². The highest BCUT2D eigenvalue weighted by molar-refractivity contribution is 7.99. The monoisotopic (exact) mass is 292 g/mol. The van der Waals surface area contributed by atoms with Crippen LogP contribution in [0.2, 0.25) is 0 Å². The standard InChI is InChI=1S/C10H16N2O4S2/c13-5-1-6-17-7-4-12-18(15,16)10-8-11-3-2-9(10)14/h2-3,8,12-13H,1,4-7H2,(H,11,14). The Bertz CT molecular complexity index is 513. The van der Waals surface area contributed by atoms with Gasteiger partial charge in [0.1, 0.15) is 4.90 Å². The van der Waals surface area contributed by atoms with Crippen LogP contribution in [-0.2, 0) is 10.0 Å². The molecule has 1 aromatic rings. The van der Waals surface area contributed by atoms with Crippen molar-refractivity contribution in [1.82, 2.24) is 9.71 Å². The quantitative estimate of drug-likeness (QED) is 0.575. The van der Waals surface area contributed by atoms with Gasteiger partial charge < -0.3 is 10.1 Å². The van der Waals surface area contributed by atoms with Crippen LogP contribution in [0.15, 0.2) is 28.2 Å². The summed E-state index contributed by atoms with van der Waals surface area (Å²) in [6.07, 6.45) is 3.24. The Morgan fingerprint density at radius 3 is 2.83 bits per heavy atom. The number of rotatable bonds is 8. The number of thioether (sulfide) groups is 1. The lowest BCUT2D eigenvalue weighted by Gasteiger charge is -2.05. The zero-order valence-corrected chi connectivity index (χ0v) is 11.4. The molecule has 0 aliphatic carbocycles. The van der Waals surface area contributed by atoms with E-state index in [1.807, 2.05) is 0 Å². The van der Waals surface area contributed by atoms with Crippen molar-refractivity contribution in [2.75, 3.05) is 24.7 Å². The van der Waals surface area contributed by atoms with Crippen molar-refractivity contribution >= 4 is 21.8 Å². The normalized spacial score (nSPS) is 11.6. The summed E-state index contributed by atoms with van der Waals surface area (Å²) in [4.78, 5) is 13.7. The molecule has 0 aliphatic heterocycles. The van der Waals surface area contributed by atoms with E-state index in [9.17, 15) is 13.2 Å². The second-order valence-electron chi connectivity index (χ2n) is 3.46. The maximum Gasteiger partial charge on any atom is 0.245 e. The predicted octanol–water partition coefficient (Wildman–Crippen LogP) is -0.231. The van der Waals surface area contributed by atoms with Crippen molar-refractivity contribution in [2.45, 2.75) is 11.3 Å². The summed E-state index contributed by atoms with van der Waals surface area (Å²) in [5.41, 5.74) is -0.533. The third-order valence-corrected chi connectivity index (χ3v) is 4.62. The van der Waals surface area contributed by atoms with Crippen LogP contribution in [0.5, 0.6) is 0 Å². The van der Waals surface area contributed by atoms with Gasteiger partial charge in [0, 0.05) is 37.4 Å². The van der Waals surface area contributed by atoms with Gasteiger partial charge in [-0.15, -0.1) is 0 Å². The fourth-order valence-electron chi connectivity index (χ4n) is 1.21. The van der Waals surface area contributed by atoms with E-state index in [2.05, 4.69) is 9.71 Å². The minimum Gasteiger partial charge on any atom is -0.396 e. The fourth-order valence-corrected chi connectivity index (χ4v) is 3.20. The van der Waals surface area contributed by atoms with E-state index in [0.717, 1.165) is 5.75 Å². The number of nitrogens with one attached hydrogen (secondary N) is 2. The van der Waals surface area contributed by atoms with E-state index in [-0.39, 0.29) is 18.0 Å². The number of pyridine rings is 1. The summed E-state index contributed by atoms with van der Waals surface area (Å²) < 4.78 is 25.9. The van der Waals surface area contributed by atoms with Crippen LogP contribution in [0.4, 0.5) is 0 Å². The molecule has 0 saturated carbocycles. The van der Waals surface area contributed by atoms with Gasteiger partial charge in [-0.3, -0.25) is 4.79 Å². The SMILES string of the molecule is O=c1cc[nH]cc1S(=O)(=O)NCCSCCCO. The summed E-state index contributed by atoms with van der Waals surface area (Å²) in [5, 5.41) is 8.57. The average Bonchev–Trinajstić information content (AvgIpc) is 2.34. The summed E-state index contributed by atoms with van der Waals surface area (Å²) >= 11 is 1.55. The summed E-state index contributed by atoms with van der Waals surface area (Å²) in [6.45, 7) is 0.394. The minimum absolute atomic E-state index is 0.137. The lowest BCUT2D eigenvalue weighted by Crippen LogP contribution is -2.30. The summed E-state index contributed by atoms with van der Waals surface area (Å²) in [5.74, 6) is 1.38. The van der Waals surface area contributed by atoms with Crippen LogP contribution in [-0.4, -0.2) is 43.2 Å². The number of hydrogen-bond donors (Lipinski definition) is 3. The molecule has 0 aromatic carbocycles. The Kier molecular flexibility index (Phi) is 6.41. The summed E-state index contributed by atoms with van der Waals surface area (Å²) in [7, 11) is -3.74. The van der Waals surface area contributed by atoms with Gasteiger partial charge in [0.25, 0.3) is 0 Å². The molecule has 0 spiro atoms. The highest BCUT2D eigenvalue weighted by atomic mass is 32.2. The number of aromatic amines is 1. The average molecular weight is 292 g/mol. The Morgan fingerprint density at radius 2 is 2.17 bits per heavy atom. The molecule has 0 aliphatic rings. The van der Waals surface area contributed by atoms with Crippen molar-refractivity contribution in [3.05, 3.63) is 28.7 Å². The molecular weight excluding hydrogens is 276 g/mol. The number of aromatic nitrogens is 1. The van der Waals surface area contributed by atoms with E-state index >= 15 is 0 Å². The molecule has 0 bridgehead atoms. The van der Waals surface area contributed by atoms with Crippen molar-refractivity contribution in [3.8, 4) is 0 Å². The molecule has 6 nitrogen and oxygen atoms in total. The number of H-pyrrole nitrogens is 1. The molecule has 1 rings (SSSR count). The molecule has 1 heterocycles. The van der Waals surface area contributed by atoms with Crippen molar-refractivity contribution in [3.63, 3.8) is 0 Å². The van der Waals surface area contributed by atoms with Gasteiger partial charge in [-0.25, -0.2) is 13.1 Å². The van der Waals surface area contributed by atoms with Crippen LogP contribution in [0.1, 0.15) is 6.42 Å². The van der Waals surface area contributed by atoms with Gasteiger partial charge >= 0.3 is 0 Å². The Labute approximate surface area is 110 Å². The van der Waals surface area contributed by atoms with Gasteiger partial charge in [0.05, 0.1) is 0 Å². The molecule has 18 heavy (non-hydrogen) atoms. The second-order valence-corrected chi connectivity index (χ2v) is 6.42.